The molecule has 4 nitrogen and oxygen atoms in total. The van der Waals surface area contributed by atoms with Crippen LogP contribution in [0.2, 0.25) is 0 Å². The zero-order valence-electron chi connectivity index (χ0n) is 11.9. The number of anilines is 1. The van der Waals surface area contributed by atoms with E-state index in [9.17, 15) is 9.18 Å². The number of thiazole rings is 1. The molecule has 0 aliphatic carbocycles. The van der Waals surface area contributed by atoms with E-state index in [1.807, 2.05) is 6.92 Å². The van der Waals surface area contributed by atoms with Crippen LogP contribution in [0.3, 0.4) is 0 Å². The van der Waals surface area contributed by atoms with E-state index in [-0.39, 0.29) is 11.9 Å². The van der Waals surface area contributed by atoms with E-state index in [0.29, 0.717) is 17.3 Å². The molecule has 1 heterocycles. The minimum atomic E-state index is -0.421. The van der Waals surface area contributed by atoms with Crippen molar-refractivity contribution < 1.29 is 13.9 Å². The van der Waals surface area contributed by atoms with E-state index < -0.39 is 5.97 Å². The summed E-state index contributed by atoms with van der Waals surface area (Å²) in [4.78, 5) is 15.8. The molecule has 2 aromatic rings. The predicted molar refractivity (Wildman–Crippen MR) is 81.3 cm³/mol. The maximum atomic E-state index is 12.9. The van der Waals surface area contributed by atoms with Gasteiger partial charge in [0.15, 0.2) is 5.69 Å². The van der Waals surface area contributed by atoms with E-state index in [1.54, 1.807) is 24.6 Å². The first kappa shape index (κ1) is 15.4. The maximum Gasteiger partial charge on any atom is 0.360 e. The minimum absolute atomic E-state index is 0.0871. The van der Waals surface area contributed by atoms with Crippen LogP contribution in [0.25, 0.3) is 0 Å². The lowest BCUT2D eigenvalue weighted by Crippen LogP contribution is -2.19. The third-order valence-corrected chi connectivity index (χ3v) is 3.63. The van der Waals surface area contributed by atoms with E-state index in [4.69, 9.17) is 4.74 Å². The highest BCUT2D eigenvalue weighted by Gasteiger charge is 2.17. The van der Waals surface area contributed by atoms with Crippen LogP contribution in [0, 0.1) is 5.82 Å². The van der Waals surface area contributed by atoms with Gasteiger partial charge in [-0.15, -0.1) is 11.3 Å². The first-order valence-electron chi connectivity index (χ1n) is 6.71. The Balaban J connectivity index is 1.99. The summed E-state index contributed by atoms with van der Waals surface area (Å²) < 4.78 is 17.8. The molecule has 0 aliphatic heterocycles. The largest absolute Gasteiger partial charge is 0.461 e. The molecule has 0 saturated heterocycles. The van der Waals surface area contributed by atoms with Crippen molar-refractivity contribution in [3.8, 4) is 0 Å². The van der Waals surface area contributed by atoms with Crippen molar-refractivity contribution in [1.82, 2.24) is 4.98 Å². The Kier molecular flexibility index (Phi) is 5.27. The van der Waals surface area contributed by atoms with Crippen molar-refractivity contribution in [1.29, 1.82) is 0 Å². The van der Waals surface area contributed by atoms with Gasteiger partial charge in [-0.1, -0.05) is 12.1 Å². The second-order valence-electron chi connectivity index (χ2n) is 4.63. The molecule has 0 saturated carbocycles. The van der Waals surface area contributed by atoms with Crippen molar-refractivity contribution >= 4 is 22.3 Å². The summed E-state index contributed by atoms with van der Waals surface area (Å²) in [5, 5.41) is 3.95. The minimum Gasteiger partial charge on any atom is -0.461 e. The van der Waals surface area contributed by atoms with Gasteiger partial charge >= 0.3 is 5.97 Å². The molecule has 0 radical (unpaired) electrons. The summed E-state index contributed by atoms with van der Waals surface area (Å²) in [6.45, 7) is 4.08. The van der Waals surface area contributed by atoms with Gasteiger partial charge in [-0.05, 0) is 38.0 Å². The fourth-order valence-electron chi connectivity index (χ4n) is 1.94. The molecule has 112 valence electrons. The number of benzene rings is 1. The average Bonchev–Trinajstić information content (AvgIpc) is 2.90. The van der Waals surface area contributed by atoms with Crippen LogP contribution < -0.4 is 5.32 Å². The van der Waals surface area contributed by atoms with Crippen LogP contribution in [0.4, 0.5) is 9.39 Å². The van der Waals surface area contributed by atoms with E-state index in [2.05, 4.69) is 10.3 Å². The van der Waals surface area contributed by atoms with E-state index in [0.717, 1.165) is 12.0 Å². The molecular weight excluding hydrogens is 291 g/mol. The van der Waals surface area contributed by atoms with Gasteiger partial charge in [0.05, 0.1) is 12.1 Å². The third-order valence-electron chi connectivity index (χ3n) is 2.87. The number of hydrogen-bond acceptors (Lipinski definition) is 5. The molecule has 0 bridgehead atoms. The lowest BCUT2D eigenvalue weighted by molar-refractivity contribution is 0.0521. The van der Waals surface area contributed by atoms with Crippen LogP contribution in [0.1, 0.15) is 29.9 Å². The fourth-order valence-corrected chi connectivity index (χ4v) is 2.72. The Bertz CT molecular complexity index is 598. The third kappa shape index (κ3) is 4.26. The smallest absolute Gasteiger partial charge is 0.360 e. The molecule has 1 unspecified atom stereocenters. The van der Waals surface area contributed by atoms with Crippen molar-refractivity contribution in [3.05, 3.63) is 46.9 Å². The summed E-state index contributed by atoms with van der Waals surface area (Å²) in [5.41, 5.74) is 2.95. The molecule has 0 spiro atoms. The summed E-state index contributed by atoms with van der Waals surface area (Å²) in [6, 6.07) is 6.49. The van der Waals surface area contributed by atoms with E-state index in [1.165, 1.54) is 23.5 Å². The van der Waals surface area contributed by atoms with Gasteiger partial charge in [0, 0.05) is 6.04 Å². The van der Waals surface area contributed by atoms with Gasteiger partial charge in [-0.25, -0.2) is 14.2 Å². The van der Waals surface area contributed by atoms with Crippen LogP contribution in [0.5, 0.6) is 0 Å². The van der Waals surface area contributed by atoms with Crippen molar-refractivity contribution in [2.45, 2.75) is 26.3 Å². The number of carbonyl (C=O) groups is 1. The first-order chi connectivity index (χ1) is 10.1. The molecule has 1 N–H and O–H groups in total. The molecule has 0 amide bonds. The average molecular weight is 308 g/mol. The highest BCUT2D eigenvalue weighted by atomic mass is 32.1. The van der Waals surface area contributed by atoms with Gasteiger partial charge in [0.2, 0.25) is 0 Å². The highest BCUT2D eigenvalue weighted by Crippen LogP contribution is 2.22. The number of carbonyl (C=O) groups excluding carboxylic acids is 1. The molecule has 0 aliphatic rings. The van der Waals surface area contributed by atoms with Gasteiger partial charge in [0.1, 0.15) is 10.8 Å². The Hall–Kier alpha value is -1.95. The molecule has 0 fully saturated rings. The summed E-state index contributed by atoms with van der Waals surface area (Å²) in [6.07, 6.45) is 0.723. The quantitative estimate of drug-likeness (QED) is 0.830. The number of nitrogens with zero attached hydrogens (tertiary/aromatic N) is 1. The maximum absolute atomic E-state index is 12.9. The standard InChI is InChI=1S/C15H17FN2O2S/c1-3-20-15(19)13-14(21-9-17-13)18-10(2)8-11-4-6-12(16)7-5-11/h4-7,9-10,18H,3,8H2,1-2H3. The number of halogens is 1. The van der Waals surface area contributed by atoms with Gasteiger partial charge in [-0.3, -0.25) is 0 Å². The number of esters is 1. The SMILES string of the molecule is CCOC(=O)c1ncsc1NC(C)Cc1ccc(F)cc1. The highest BCUT2D eigenvalue weighted by molar-refractivity contribution is 7.14. The second kappa shape index (κ2) is 7.17. The number of hydrogen-bond donors (Lipinski definition) is 1. The normalized spacial score (nSPS) is 12.0. The Morgan fingerprint density at radius 1 is 1.43 bits per heavy atom. The fraction of sp³-hybridized carbons (Fsp3) is 0.333. The second-order valence-corrected chi connectivity index (χ2v) is 5.48. The monoisotopic (exact) mass is 308 g/mol. The topological polar surface area (TPSA) is 51.2 Å². The van der Waals surface area contributed by atoms with Crippen molar-refractivity contribution in [3.63, 3.8) is 0 Å². The molecule has 1 aromatic heterocycles. The van der Waals surface area contributed by atoms with Crippen molar-refractivity contribution in [2.75, 3.05) is 11.9 Å². The number of rotatable bonds is 6. The van der Waals surface area contributed by atoms with Crippen LogP contribution in [-0.2, 0) is 11.2 Å². The van der Waals surface area contributed by atoms with Crippen LogP contribution in [-0.4, -0.2) is 23.6 Å². The van der Waals surface area contributed by atoms with E-state index >= 15 is 0 Å². The number of nitrogens with one attached hydrogen (secondary N) is 1. The molecule has 21 heavy (non-hydrogen) atoms. The molecule has 1 atom stereocenters. The van der Waals surface area contributed by atoms with Gasteiger partial charge in [0.25, 0.3) is 0 Å². The summed E-state index contributed by atoms with van der Waals surface area (Å²) in [7, 11) is 0. The molecule has 2 rings (SSSR count). The summed E-state index contributed by atoms with van der Waals surface area (Å²) >= 11 is 1.36. The predicted octanol–water partition coefficient (Wildman–Crippen LogP) is 3.50. The Morgan fingerprint density at radius 3 is 2.81 bits per heavy atom. The Labute approximate surface area is 127 Å². The van der Waals surface area contributed by atoms with Gasteiger partial charge in [-0.2, -0.15) is 0 Å². The van der Waals surface area contributed by atoms with Crippen LogP contribution in [0.15, 0.2) is 29.8 Å². The summed E-state index contributed by atoms with van der Waals surface area (Å²) in [5.74, 6) is -0.665. The number of ether oxygens (including phenoxy) is 1. The number of aromatic nitrogens is 1. The zero-order chi connectivity index (χ0) is 15.2. The lowest BCUT2D eigenvalue weighted by Gasteiger charge is -2.14. The molecule has 1 aromatic carbocycles. The van der Waals surface area contributed by atoms with Crippen LogP contribution >= 0.6 is 11.3 Å². The molecular formula is C15H17FN2O2S. The molecule has 6 heteroatoms. The zero-order valence-corrected chi connectivity index (χ0v) is 12.7. The lowest BCUT2D eigenvalue weighted by atomic mass is 10.1. The first-order valence-corrected chi connectivity index (χ1v) is 7.59. The Morgan fingerprint density at radius 2 is 2.14 bits per heavy atom. The van der Waals surface area contributed by atoms with Gasteiger partial charge < -0.3 is 10.1 Å². The van der Waals surface area contributed by atoms with Crippen molar-refractivity contribution in [2.24, 2.45) is 0 Å².